The lowest BCUT2D eigenvalue weighted by atomic mass is 9.91. The number of carbonyl (C=O) groups excluding carboxylic acids is 2. The molecule has 1 saturated heterocycles. The van der Waals surface area contributed by atoms with Gasteiger partial charge >= 0.3 is 11.5 Å². The number of aromatic nitrogens is 1. The van der Waals surface area contributed by atoms with E-state index >= 15 is 0 Å². The lowest BCUT2D eigenvalue weighted by Crippen LogP contribution is -2.46. The number of hydrogen-bond donors (Lipinski definition) is 1. The second kappa shape index (κ2) is 7.72. The van der Waals surface area contributed by atoms with E-state index < -0.39 is 23.0 Å². The number of benzene rings is 2. The van der Waals surface area contributed by atoms with Crippen LogP contribution >= 0.6 is 23.4 Å². The standard InChI is InChI=1S/C21H15ClF3N3O2S/c1-20(11-12-8-9-26-17-10-13(22)2-7-16(12)17)18(29)28(19(30)27-20)14-3-5-15(6-4-14)31-21(23,24)25/h2-10H,11H2,1H3,(H,27,30). The van der Waals surface area contributed by atoms with Gasteiger partial charge in [-0.1, -0.05) is 17.7 Å². The minimum atomic E-state index is -4.42. The molecule has 1 aliphatic rings. The molecule has 10 heteroatoms. The molecular formula is C21H15ClF3N3O2S. The highest BCUT2D eigenvalue weighted by molar-refractivity contribution is 8.00. The zero-order valence-electron chi connectivity index (χ0n) is 16.0. The van der Waals surface area contributed by atoms with E-state index in [2.05, 4.69) is 10.3 Å². The fraction of sp³-hybridized carbons (Fsp3) is 0.190. The third-order valence-corrected chi connectivity index (χ3v) is 5.90. The highest BCUT2D eigenvalue weighted by Crippen LogP contribution is 2.38. The van der Waals surface area contributed by atoms with Crippen LogP contribution in [0, 0.1) is 0 Å². The van der Waals surface area contributed by atoms with Crippen molar-refractivity contribution in [1.82, 2.24) is 10.3 Å². The maximum absolute atomic E-state index is 13.2. The van der Waals surface area contributed by atoms with Crippen LogP contribution in [0.25, 0.3) is 10.9 Å². The van der Waals surface area contributed by atoms with Gasteiger partial charge in [-0.25, -0.2) is 9.69 Å². The molecule has 3 amide bonds. The number of halogens is 4. The van der Waals surface area contributed by atoms with E-state index in [1.807, 2.05) is 0 Å². The van der Waals surface area contributed by atoms with Crippen LogP contribution in [0.5, 0.6) is 0 Å². The van der Waals surface area contributed by atoms with Crippen LogP contribution in [0.2, 0.25) is 5.02 Å². The van der Waals surface area contributed by atoms with Crippen molar-refractivity contribution in [3.8, 4) is 0 Å². The first-order valence-corrected chi connectivity index (χ1v) is 10.3. The zero-order chi connectivity index (χ0) is 22.4. The van der Waals surface area contributed by atoms with Gasteiger partial charge in [0, 0.05) is 27.9 Å². The average molecular weight is 466 g/mol. The summed E-state index contributed by atoms with van der Waals surface area (Å²) in [5, 5.41) is 4.05. The Hall–Kier alpha value is -2.78. The second-order valence-corrected chi connectivity index (χ2v) is 8.83. The molecular weight excluding hydrogens is 451 g/mol. The van der Waals surface area contributed by atoms with Gasteiger partial charge in [-0.2, -0.15) is 13.2 Å². The van der Waals surface area contributed by atoms with Gasteiger partial charge in [0.2, 0.25) is 0 Å². The van der Waals surface area contributed by atoms with Gasteiger partial charge in [0.15, 0.2) is 0 Å². The molecule has 0 spiro atoms. The smallest absolute Gasteiger partial charge is 0.323 e. The third kappa shape index (κ3) is 4.33. The number of carbonyl (C=O) groups is 2. The molecule has 4 rings (SSSR count). The summed E-state index contributed by atoms with van der Waals surface area (Å²) in [7, 11) is 0. The van der Waals surface area contributed by atoms with Crippen molar-refractivity contribution in [1.29, 1.82) is 0 Å². The van der Waals surface area contributed by atoms with Gasteiger partial charge in [-0.05, 0) is 66.7 Å². The number of pyridine rings is 1. The molecule has 1 N–H and O–H groups in total. The van der Waals surface area contributed by atoms with Crippen molar-refractivity contribution >= 4 is 51.9 Å². The molecule has 1 unspecified atom stereocenters. The topological polar surface area (TPSA) is 62.3 Å². The van der Waals surface area contributed by atoms with E-state index in [0.29, 0.717) is 10.5 Å². The van der Waals surface area contributed by atoms with Crippen molar-refractivity contribution in [3.63, 3.8) is 0 Å². The Morgan fingerprint density at radius 2 is 1.84 bits per heavy atom. The molecule has 31 heavy (non-hydrogen) atoms. The molecule has 0 bridgehead atoms. The first kappa shape index (κ1) is 21.5. The van der Waals surface area contributed by atoms with Crippen molar-refractivity contribution in [2.45, 2.75) is 29.3 Å². The van der Waals surface area contributed by atoms with Gasteiger partial charge in [-0.3, -0.25) is 9.78 Å². The number of thioether (sulfide) groups is 1. The van der Waals surface area contributed by atoms with Crippen LogP contribution in [-0.4, -0.2) is 28.0 Å². The van der Waals surface area contributed by atoms with Gasteiger partial charge in [-0.15, -0.1) is 0 Å². The number of hydrogen-bond acceptors (Lipinski definition) is 4. The average Bonchev–Trinajstić information content (AvgIpc) is 2.89. The maximum atomic E-state index is 13.2. The van der Waals surface area contributed by atoms with Crippen LogP contribution in [-0.2, 0) is 11.2 Å². The largest absolute Gasteiger partial charge is 0.446 e. The van der Waals surface area contributed by atoms with Crippen LogP contribution in [0.1, 0.15) is 12.5 Å². The first-order valence-electron chi connectivity index (χ1n) is 9.11. The number of amides is 3. The number of fused-ring (bicyclic) bond motifs is 1. The summed E-state index contributed by atoms with van der Waals surface area (Å²) in [5.41, 5.74) is -3.98. The van der Waals surface area contributed by atoms with Crippen molar-refractivity contribution in [2.75, 3.05) is 4.90 Å². The molecule has 5 nitrogen and oxygen atoms in total. The van der Waals surface area contributed by atoms with Gasteiger partial charge < -0.3 is 5.32 Å². The fourth-order valence-corrected chi connectivity index (χ4v) is 4.26. The number of nitrogens with zero attached hydrogens (tertiary/aromatic N) is 2. The lowest BCUT2D eigenvalue weighted by Gasteiger charge is -2.22. The Labute approximate surface area is 184 Å². The van der Waals surface area contributed by atoms with E-state index in [4.69, 9.17) is 11.6 Å². The summed E-state index contributed by atoms with van der Waals surface area (Å²) in [4.78, 5) is 31.0. The van der Waals surface area contributed by atoms with Crippen LogP contribution in [0.3, 0.4) is 0 Å². The molecule has 1 fully saturated rings. The molecule has 160 valence electrons. The molecule has 1 aromatic heterocycles. The molecule has 0 saturated carbocycles. The Bertz CT molecular complexity index is 1190. The van der Waals surface area contributed by atoms with Gasteiger partial charge in [0.05, 0.1) is 11.2 Å². The van der Waals surface area contributed by atoms with Crippen LogP contribution in [0.4, 0.5) is 23.7 Å². The van der Waals surface area contributed by atoms with E-state index in [-0.39, 0.29) is 28.8 Å². The lowest BCUT2D eigenvalue weighted by molar-refractivity contribution is -0.121. The Morgan fingerprint density at radius 3 is 2.52 bits per heavy atom. The molecule has 1 atom stereocenters. The van der Waals surface area contributed by atoms with E-state index in [1.165, 1.54) is 24.3 Å². The SMILES string of the molecule is CC1(Cc2ccnc3cc(Cl)ccc23)NC(=O)N(c2ccc(SC(F)(F)F)cc2)C1=O. The summed E-state index contributed by atoms with van der Waals surface area (Å²) in [5.74, 6) is -0.493. The predicted molar refractivity (Wildman–Crippen MR) is 113 cm³/mol. The first-order chi connectivity index (χ1) is 14.6. The summed E-state index contributed by atoms with van der Waals surface area (Å²) >= 11 is 5.76. The summed E-state index contributed by atoms with van der Waals surface area (Å²) < 4.78 is 37.6. The minimum Gasteiger partial charge on any atom is -0.323 e. The predicted octanol–water partition coefficient (Wildman–Crippen LogP) is 5.56. The van der Waals surface area contributed by atoms with E-state index in [0.717, 1.165) is 15.8 Å². The highest BCUT2D eigenvalue weighted by atomic mass is 35.5. The molecule has 0 aliphatic carbocycles. The van der Waals surface area contributed by atoms with Crippen molar-refractivity contribution in [3.05, 3.63) is 65.3 Å². The number of urea groups is 1. The number of nitrogens with one attached hydrogen (secondary N) is 1. The van der Waals surface area contributed by atoms with E-state index in [9.17, 15) is 22.8 Å². The van der Waals surface area contributed by atoms with Gasteiger partial charge in [0.25, 0.3) is 5.91 Å². The third-order valence-electron chi connectivity index (χ3n) is 4.93. The van der Waals surface area contributed by atoms with Crippen molar-refractivity contribution in [2.24, 2.45) is 0 Å². The number of anilines is 1. The van der Waals surface area contributed by atoms with Crippen LogP contribution in [0.15, 0.2) is 59.6 Å². The number of alkyl halides is 3. The number of imide groups is 1. The Kier molecular flexibility index (Phi) is 5.35. The molecule has 2 heterocycles. The normalized spacial score (nSPS) is 19.2. The molecule has 2 aromatic carbocycles. The maximum Gasteiger partial charge on any atom is 0.446 e. The fourth-order valence-electron chi connectivity index (χ4n) is 3.55. The molecule has 1 aliphatic heterocycles. The quantitative estimate of drug-likeness (QED) is 0.405. The highest BCUT2D eigenvalue weighted by Gasteiger charge is 2.48. The summed E-state index contributed by atoms with van der Waals surface area (Å²) in [6.07, 6.45) is 1.81. The molecule has 3 aromatic rings. The Morgan fingerprint density at radius 1 is 1.13 bits per heavy atom. The molecule has 0 radical (unpaired) electrons. The monoisotopic (exact) mass is 465 g/mol. The number of rotatable bonds is 4. The van der Waals surface area contributed by atoms with E-state index in [1.54, 1.807) is 37.4 Å². The van der Waals surface area contributed by atoms with Crippen molar-refractivity contribution < 1.29 is 22.8 Å². The van der Waals surface area contributed by atoms with Gasteiger partial charge in [0.1, 0.15) is 5.54 Å². The second-order valence-electron chi connectivity index (χ2n) is 7.25. The minimum absolute atomic E-state index is 0.0343. The summed E-state index contributed by atoms with van der Waals surface area (Å²) in [6, 6.07) is 11.5. The van der Waals surface area contributed by atoms with Crippen LogP contribution < -0.4 is 10.2 Å². The summed E-state index contributed by atoms with van der Waals surface area (Å²) in [6.45, 7) is 1.61. The zero-order valence-corrected chi connectivity index (χ0v) is 17.6. The Balaban J connectivity index is 1.61.